The Morgan fingerprint density at radius 2 is 2.25 bits per heavy atom. The Hall–Kier alpha value is -2.19. The topological polar surface area (TPSA) is 67.4 Å². The SMILES string of the molecule is N#CCC(=O)c1nc(C2CCOCC2)n2ccccc12. The number of nitriles is 1. The first-order valence-electron chi connectivity index (χ1n) is 6.76. The number of hydrogen-bond acceptors (Lipinski definition) is 4. The van der Waals surface area contributed by atoms with Gasteiger partial charge in [0.2, 0.25) is 0 Å². The summed E-state index contributed by atoms with van der Waals surface area (Å²) in [6.45, 7) is 1.46. The Balaban J connectivity index is 2.08. The van der Waals surface area contributed by atoms with Gasteiger partial charge in [0.15, 0.2) is 5.78 Å². The molecule has 0 unspecified atom stereocenters. The van der Waals surface area contributed by atoms with Crippen LogP contribution in [0.1, 0.15) is 41.5 Å². The highest BCUT2D eigenvalue weighted by Crippen LogP contribution is 2.28. The van der Waals surface area contributed by atoms with Crippen LogP contribution in [0, 0.1) is 11.3 Å². The summed E-state index contributed by atoms with van der Waals surface area (Å²) in [6.07, 6.45) is 3.63. The second-order valence-electron chi connectivity index (χ2n) is 4.92. The van der Waals surface area contributed by atoms with Crippen molar-refractivity contribution in [1.29, 1.82) is 5.26 Å². The predicted molar refractivity (Wildman–Crippen MR) is 72.5 cm³/mol. The molecule has 0 atom stereocenters. The molecule has 102 valence electrons. The summed E-state index contributed by atoms with van der Waals surface area (Å²) in [4.78, 5) is 16.6. The molecule has 0 N–H and O–H groups in total. The van der Waals surface area contributed by atoms with Crippen LogP contribution in [0.4, 0.5) is 0 Å². The molecule has 3 heterocycles. The fourth-order valence-electron chi connectivity index (χ4n) is 2.67. The molecule has 0 saturated carbocycles. The zero-order valence-electron chi connectivity index (χ0n) is 11.1. The number of aromatic nitrogens is 2. The van der Waals surface area contributed by atoms with Gasteiger partial charge in [0.25, 0.3) is 0 Å². The minimum Gasteiger partial charge on any atom is -0.381 e. The second kappa shape index (κ2) is 5.43. The summed E-state index contributed by atoms with van der Waals surface area (Å²) >= 11 is 0. The molecule has 0 aliphatic carbocycles. The van der Waals surface area contributed by atoms with E-state index in [-0.39, 0.29) is 12.2 Å². The molecule has 0 radical (unpaired) electrons. The monoisotopic (exact) mass is 269 g/mol. The van der Waals surface area contributed by atoms with Crippen molar-refractivity contribution in [2.75, 3.05) is 13.2 Å². The van der Waals surface area contributed by atoms with Gasteiger partial charge in [-0.15, -0.1) is 0 Å². The smallest absolute Gasteiger partial charge is 0.197 e. The van der Waals surface area contributed by atoms with Crippen molar-refractivity contribution >= 4 is 11.3 Å². The number of nitrogens with zero attached hydrogens (tertiary/aromatic N) is 3. The lowest BCUT2D eigenvalue weighted by atomic mass is 9.99. The van der Waals surface area contributed by atoms with Gasteiger partial charge < -0.3 is 9.14 Å². The van der Waals surface area contributed by atoms with Crippen LogP contribution in [0.3, 0.4) is 0 Å². The maximum atomic E-state index is 12.0. The Bertz CT molecular complexity index is 678. The molecular formula is C15H15N3O2. The predicted octanol–water partition coefficient (Wildman–Crippen LogP) is 2.32. The first-order chi connectivity index (χ1) is 9.81. The molecule has 1 fully saturated rings. The van der Waals surface area contributed by atoms with Gasteiger partial charge in [-0.2, -0.15) is 5.26 Å². The molecule has 0 spiro atoms. The molecule has 2 aromatic rings. The molecule has 0 aromatic carbocycles. The Labute approximate surface area is 116 Å². The summed E-state index contributed by atoms with van der Waals surface area (Å²) in [6, 6.07) is 7.59. The molecule has 1 saturated heterocycles. The highest BCUT2D eigenvalue weighted by Gasteiger charge is 2.24. The van der Waals surface area contributed by atoms with Gasteiger partial charge in [-0.25, -0.2) is 4.98 Å². The zero-order valence-corrected chi connectivity index (χ0v) is 11.1. The third-order valence-electron chi connectivity index (χ3n) is 3.67. The van der Waals surface area contributed by atoms with Gasteiger partial charge in [-0.3, -0.25) is 4.79 Å². The first kappa shape index (κ1) is 12.8. The molecule has 20 heavy (non-hydrogen) atoms. The van der Waals surface area contributed by atoms with E-state index in [0.29, 0.717) is 11.6 Å². The van der Waals surface area contributed by atoms with Crippen LogP contribution in [0.2, 0.25) is 0 Å². The average molecular weight is 269 g/mol. The number of Topliss-reactive ketones (excluding diaryl/α,β-unsaturated/α-hetero) is 1. The summed E-state index contributed by atoms with van der Waals surface area (Å²) in [5.41, 5.74) is 1.20. The number of rotatable bonds is 3. The van der Waals surface area contributed by atoms with Crippen LogP contribution in [0.5, 0.6) is 0 Å². The molecule has 1 aliphatic rings. The third-order valence-corrected chi connectivity index (χ3v) is 3.67. The summed E-state index contributed by atoms with van der Waals surface area (Å²) in [7, 11) is 0. The fourth-order valence-corrected chi connectivity index (χ4v) is 2.67. The zero-order chi connectivity index (χ0) is 13.9. The van der Waals surface area contributed by atoms with E-state index in [1.807, 2.05) is 34.9 Å². The minimum absolute atomic E-state index is 0.130. The van der Waals surface area contributed by atoms with E-state index in [1.165, 1.54) is 0 Å². The number of carbonyl (C=O) groups is 1. The molecule has 0 bridgehead atoms. The molecule has 5 heteroatoms. The number of ether oxygens (including phenoxy) is 1. The molecule has 0 amide bonds. The number of pyridine rings is 1. The van der Waals surface area contributed by atoms with Crippen molar-refractivity contribution in [3.8, 4) is 6.07 Å². The molecular weight excluding hydrogens is 254 g/mol. The van der Waals surface area contributed by atoms with Crippen molar-refractivity contribution in [3.05, 3.63) is 35.9 Å². The lowest BCUT2D eigenvalue weighted by molar-refractivity contribution is 0.0834. The van der Waals surface area contributed by atoms with Crippen molar-refractivity contribution in [1.82, 2.24) is 9.38 Å². The van der Waals surface area contributed by atoms with E-state index in [1.54, 1.807) is 0 Å². The second-order valence-corrected chi connectivity index (χ2v) is 4.92. The average Bonchev–Trinajstić information content (AvgIpc) is 2.88. The minimum atomic E-state index is -0.213. The Morgan fingerprint density at radius 1 is 1.45 bits per heavy atom. The quantitative estimate of drug-likeness (QED) is 0.802. The lowest BCUT2D eigenvalue weighted by Crippen LogP contribution is -2.16. The van der Waals surface area contributed by atoms with Gasteiger partial charge in [0, 0.05) is 25.3 Å². The Morgan fingerprint density at radius 3 is 3.00 bits per heavy atom. The van der Waals surface area contributed by atoms with E-state index in [9.17, 15) is 4.79 Å². The molecule has 2 aromatic heterocycles. The highest BCUT2D eigenvalue weighted by molar-refractivity contribution is 6.01. The van der Waals surface area contributed by atoms with Crippen molar-refractivity contribution in [2.24, 2.45) is 0 Å². The number of ketones is 1. The van der Waals surface area contributed by atoms with Gasteiger partial charge in [-0.05, 0) is 25.0 Å². The molecule has 1 aliphatic heterocycles. The number of hydrogen-bond donors (Lipinski definition) is 0. The van der Waals surface area contributed by atoms with Gasteiger partial charge in [0.1, 0.15) is 17.9 Å². The Kier molecular flexibility index (Phi) is 3.48. The van der Waals surface area contributed by atoms with E-state index in [2.05, 4.69) is 4.98 Å². The lowest BCUT2D eigenvalue weighted by Gasteiger charge is -2.20. The van der Waals surface area contributed by atoms with E-state index in [0.717, 1.165) is 37.4 Å². The third kappa shape index (κ3) is 2.19. The number of imidazole rings is 1. The van der Waals surface area contributed by atoms with Crippen molar-refractivity contribution in [3.63, 3.8) is 0 Å². The van der Waals surface area contributed by atoms with Crippen LogP contribution >= 0.6 is 0 Å². The van der Waals surface area contributed by atoms with Gasteiger partial charge in [0.05, 0.1) is 11.6 Å². The van der Waals surface area contributed by atoms with Crippen LogP contribution in [0.15, 0.2) is 24.4 Å². The normalized spacial score (nSPS) is 16.1. The van der Waals surface area contributed by atoms with Crippen LogP contribution in [-0.2, 0) is 4.74 Å². The number of fused-ring (bicyclic) bond motifs is 1. The maximum absolute atomic E-state index is 12.0. The maximum Gasteiger partial charge on any atom is 0.197 e. The van der Waals surface area contributed by atoms with Crippen LogP contribution < -0.4 is 0 Å². The fraction of sp³-hybridized carbons (Fsp3) is 0.400. The summed E-state index contributed by atoms with van der Waals surface area (Å²) < 4.78 is 7.35. The van der Waals surface area contributed by atoms with Crippen LogP contribution in [-0.4, -0.2) is 28.4 Å². The van der Waals surface area contributed by atoms with E-state index >= 15 is 0 Å². The first-order valence-corrected chi connectivity index (χ1v) is 6.76. The standard InChI is InChI=1S/C15H15N3O2/c16-7-4-13(19)14-12-3-1-2-8-18(12)15(17-14)11-5-9-20-10-6-11/h1-3,8,11H,4-6,9-10H2. The number of carbonyl (C=O) groups excluding carboxylic acids is 1. The molecule has 3 rings (SSSR count). The summed E-state index contributed by atoms with van der Waals surface area (Å²) in [5, 5.41) is 8.70. The van der Waals surface area contributed by atoms with Crippen molar-refractivity contribution in [2.45, 2.75) is 25.2 Å². The van der Waals surface area contributed by atoms with Crippen molar-refractivity contribution < 1.29 is 9.53 Å². The van der Waals surface area contributed by atoms with Gasteiger partial charge >= 0.3 is 0 Å². The summed E-state index contributed by atoms with van der Waals surface area (Å²) in [5.74, 6) is 1.00. The van der Waals surface area contributed by atoms with E-state index in [4.69, 9.17) is 10.00 Å². The van der Waals surface area contributed by atoms with Gasteiger partial charge in [-0.1, -0.05) is 6.07 Å². The molecule has 5 nitrogen and oxygen atoms in total. The largest absolute Gasteiger partial charge is 0.381 e. The highest BCUT2D eigenvalue weighted by atomic mass is 16.5. The van der Waals surface area contributed by atoms with Crippen LogP contribution in [0.25, 0.3) is 5.52 Å². The van der Waals surface area contributed by atoms with E-state index < -0.39 is 0 Å².